The second-order valence-electron chi connectivity index (χ2n) is 9.17. The van der Waals surface area contributed by atoms with Gasteiger partial charge in [-0.1, -0.05) is 44.2 Å². The smallest absolute Gasteiger partial charge is 0.239 e. The van der Waals surface area contributed by atoms with Crippen LogP contribution < -0.4 is 5.32 Å². The molecule has 2 unspecified atom stereocenters. The van der Waals surface area contributed by atoms with Gasteiger partial charge in [0.2, 0.25) is 11.8 Å². The Morgan fingerprint density at radius 3 is 2.40 bits per heavy atom. The highest BCUT2D eigenvalue weighted by Gasteiger charge is 2.31. The third kappa shape index (κ3) is 6.29. The number of rotatable bonds is 7. The molecule has 2 amide bonds. The SMILES string of the molecule is CC(C)C(=O)NCC1CCCN(C(C)C(=O)N2CCN(Cc3ccccc3)CC2)C1. The lowest BCUT2D eigenvalue weighted by Gasteiger charge is -2.40. The van der Waals surface area contributed by atoms with Crippen molar-refractivity contribution in [1.82, 2.24) is 20.0 Å². The molecular weight excluding hydrogens is 376 g/mol. The number of nitrogens with one attached hydrogen (secondary N) is 1. The fourth-order valence-corrected chi connectivity index (χ4v) is 4.45. The van der Waals surface area contributed by atoms with Gasteiger partial charge in [0, 0.05) is 51.7 Å². The number of carbonyl (C=O) groups excluding carboxylic acids is 2. The highest BCUT2D eigenvalue weighted by Crippen LogP contribution is 2.20. The zero-order chi connectivity index (χ0) is 21.5. The van der Waals surface area contributed by atoms with Crippen LogP contribution in [-0.4, -0.2) is 78.4 Å². The maximum absolute atomic E-state index is 13.1. The summed E-state index contributed by atoms with van der Waals surface area (Å²) >= 11 is 0. The summed E-state index contributed by atoms with van der Waals surface area (Å²) in [5.41, 5.74) is 1.33. The van der Waals surface area contributed by atoms with Gasteiger partial charge in [-0.25, -0.2) is 0 Å². The number of amides is 2. The van der Waals surface area contributed by atoms with Crippen molar-refractivity contribution in [2.75, 3.05) is 45.8 Å². The molecule has 1 aromatic carbocycles. The van der Waals surface area contributed by atoms with Crippen molar-refractivity contribution in [3.8, 4) is 0 Å². The van der Waals surface area contributed by atoms with E-state index >= 15 is 0 Å². The van der Waals surface area contributed by atoms with Gasteiger partial charge in [-0.05, 0) is 37.8 Å². The predicted octanol–water partition coefficient (Wildman–Crippen LogP) is 2.20. The van der Waals surface area contributed by atoms with E-state index in [1.54, 1.807) is 0 Å². The molecule has 6 heteroatoms. The molecule has 0 spiro atoms. The number of piperidine rings is 1. The zero-order valence-electron chi connectivity index (χ0n) is 18.8. The minimum Gasteiger partial charge on any atom is -0.356 e. The van der Waals surface area contributed by atoms with E-state index in [-0.39, 0.29) is 23.8 Å². The van der Waals surface area contributed by atoms with Gasteiger partial charge in [0.05, 0.1) is 6.04 Å². The summed E-state index contributed by atoms with van der Waals surface area (Å²) in [6.07, 6.45) is 2.21. The summed E-state index contributed by atoms with van der Waals surface area (Å²) in [5, 5.41) is 3.06. The molecule has 3 rings (SSSR count). The first-order chi connectivity index (χ1) is 14.4. The fourth-order valence-electron chi connectivity index (χ4n) is 4.45. The van der Waals surface area contributed by atoms with E-state index in [1.807, 2.05) is 31.7 Å². The molecule has 2 fully saturated rings. The lowest BCUT2D eigenvalue weighted by Crippen LogP contribution is -2.55. The maximum atomic E-state index is 13.1. The Morgan fingerprint density at radius 1 is 1.03 bits per heavy atom. The van der Waals surface area contributed by atoms with E-state index in [1.165, 1.54) is 5.56 Å². The van der Waals surface area contributed by atoms with E-state index in [0.717, 1.165) is 58.7 Å². The van der Waals surface area contributed by atoms with Crippen LogP contribution >= 0.6 is 0 Å². The van der Waals surface area contributed by atoms with E-state index < -0.39 is 0 Å². The van der Waals surface area contributed by atoms with E-state index in [2.05, 4.69) is 39.4 Å². The Balaban J connectivity index is 1.44. The van der Waals surface area contributed by atoms with E-state index in [9.17, 15) is 9.59 Å². The topological polar surface area (TPSA) is 55.9 Å². The number of likely N-dealkylation sites (tertiary alicyclic amines) is 1. The van der Waals surface area contributed by atoms with Crippen molar-refractivity contribution in [3.05, 3.63) is 35.9 Å². The highest BCUT2D eigenvalue weighted by molar-refractivity contribution is 5.81. The van der Waals surface area contributed by atoms with Crippen LogP contribution in [0.25, 0.3) is 0 Å². The molecule has 2 atom stereocenters. The molecule has 6 nitrogen and oxygen atoms in total. The summed E-state index contributed by atoms with van der Waals surface area (Å²) in [6, 6.07) is 10.4. The minimum absolute atomic E-state index is 0.0192. The molecule has 0 aromatic heterocycles. The lowest BCUT2D eigenvalue weighted by molar-refractivity contribution is -0.139. The summed E-state index contributed by atoms with van der Waals surface area (Å²) < 4.78 is 0. The first-order valence-electron chi connectivity index (χ1n) is 11.5. The van der Waals surface area contributed by atoms with Crippen LogP contribution in [-0.2, 0) is 16.1 Å². The second kappa shape index (κ2) is 10.9. The molecule has 0 bridgehead atoms. The Kier molecular flexibility index (Phi) is 8.28. The number of hydrogen-bond acceptors (Lipinski definition) is 4. The van der Waals surface area contributed by atoms with E-state index in [0.29, 0.717) is 12.5 Å². The van der Waals surface area contributed by atoms with Crippen LogP contribution in [0, 0.1) is 11.8 Å². The number of nitrogens with zero attached hydrogens (tertiary/aromatic N) is 3. The molecule has 0 radical (unpaired) electrons. The molecular formula is C24H38N4O2. The van der Waals surface area contributed by atoms with Crippen molar-refractivity contribution in [3.63, 3.8) is 0 Å². The minimum atomic E-state index is -0.0886. The molecule has 1 aromatic rings. The standard InChI is InChI=1S/C24H38N4O2/c1-19(2)23(29)25-16-22-10-7-11-28(18-22)20(3)24(30)27-14-12-26(13-15-27)17-21-8-5-4-6-9-21/h4-6,8-9,19-20,22H,7,10-18H2,1-3H3,(H,25,29). The quantitative estimate of drug-likeness (QED) is 0.743. The summed E-state index contributed by atoms with van der Waals surface area (Å²) in [7, 11) is 0. The normalized spacial score (nSPS) is 22.1. The summed E-state index contributed by atoms with van der Waals surface area (Å²) in [5.74, 6) is 0.816. The van der Waals surface area contributed by atoms with Crippen LogP contribution in [0.3, 0.4) is 0 Å². The number of benzene rings is 1. The van der Waals surface area contributed by atoms with Gasteiger partial charge in [0.1, 0.15) is 0 Å². The summed E-state index contributed by atoms with van der Waals surface area (Å²) in [6.45, 7) is 12.9. The fraction of sp³-hybridized carbons (Fsp3) is 0.667. The van der Waals surface area contributed by atoms with Gasteiger partial charge in [0.15, 0.2) is 0 Å². The second-order valence-corrected chi connectivity index (χ2v) is 9.17. The van der Waals surface area contributed by atoms with Gasteiger partial charge < -0.3 is 10.2 Å². The largest absolute Gasteiger partial charge is 0.356 e. The van der Waals surface area contributed by atoms with Crippen LogP contribution in [0.15, 0.2) is 30.3 Å². The number of hydrogen-bond donors (Lipinski definition) is 1. The highest BCUT2D eigenvalue weighted by atomic mass is 16.2. The molecule has 0 aliphatic carbocycles. The molecule has 2 aliphatic rings. The van der Waals surface area contributed by atoms with Gasteiger partial charge in [0.25, 0.3) is 0 Å². The molecule has 2 aliphatic heterocycles. The van der Waals surface area contributed by atoms with E-state index in [4.69, 9.17) is 0 Å². The van der Waals surface area contributed by atoms with Crippen molar-refractivity contribution < 1.29 is 9.59 Å². The Morgan fingerprint density at radius 2 is 1.73 bits per heavy atom. The van der Waals surface area contributed by atoms with Crippen molar-refractivity contribution >= 4 is 11.8 Å². The van der Waals surface area contributed by atoms with Crippen LogP contribution in [0.4, 0.5) is 0 Å². The predicted molar refractivity (Wildman–Crippen MR) is 120 cm³/mol. The first-order valence-corrected chi connectivity index (χ1v) is 11.5. The van der Waals surface area contributed by atoms with Gasteiger partial charge in [-0.2, -0.15) is 0 Å². The molecule has 2 heterocycles. The molecule has 30 heavy (non-hydrogen) atoms. The molecule has 0 saturated carbocycles. The van der Waals surface area contributed by atoms with Crippen LogP contribution in [0.1, 0.15) is 39.2 Å². The van der Waals surface area contributed by atoms with Crippen molar-refractivity contribution in [2.45, 2.75) is 46.2 Å². The number of piperazine rings is 1. The Hall–Kier alpha value is -1.92. The zero-order valence-corrected chi connectivity index (χ0v) is 18.8. The van der Waals surface area contributed by atoms with Crippen molar-refractivity contribution in [1.29, 1.82) is 0 Å². The van der Waals surface area contributed by atoms with Crippen LogP contribution in [0.2, 0.25) is 0 Å². The van der Waals surface area contributed by atoms with Gasteiger partial charge in [-0.3, -0.25) is 19.4 Å². The third-order valence-corrected chi connectivity index (χ3v) is 6.48. The Labute approximate surface area is 181 Å². The number of carbonyl (C=O) groups is 2. The summed E-state index contributed by atoms with van der Waals surface area (Å²) in [4.78, 5) is 31.8. The average molecular weight is 415 g/mol. The Bertz CT molecular complexity index is 686. The van der Waals surface area contributed by atoms with Gasteiger partial charge >= 0.3 is 0 Å². The molecule has 166 valence electrons. The van der Waals surface area contributed by atoms with Crippen LogP contribution in [0.5, 0.6) is 0 Å². The molecule has 1 N–H and O–H groups in total. The monoisotopic (exact) mass is 414 g/mol. The lowest BCUT2D eigenvalue weighted by atomic mass is 9.96. The first kappa shape index (κ1) is 22.8. The average Bonchev–Trinajstić information content (AvgIpc) is 2.77. The molecule has 2 saturated heterocycles. The third-order valence-electron chi connectivity index (χ3n) is 6.48. The maximum Gasteiger partial charge on any atom is 0.239 e. The van der Waals surface area contributed by atoms with Gasteiger partial charge in [-0.15, -0.1) is 0 Å². The van der Waals surface area contributed by atoms with Crippen molar-refractivity contribution in [2.24, 2.45) is 11.8 Å².